The maximum atomic E-state index is 14.8. The Morgan fingerprint density at radius 3 is 2.59 bits per heavy atom. The van der Waals surface area contributed by atoms with Gasteiger partial charge >= 0.3 is 5.97 Å². The summed E-state index contributed by atoms with van der Waals surface area (Å²) in [6.45, 7) is 2.59. The number of carboxylic acids is 1. The highest BCUT2D eigenvalue weighted by Crippen LogP contribution is 2.47. The summed E-state index contributed by atoms with van der Waals surface area (Å²) < 4.78 is 14.8. The average Bonchev–Trinajstić information content (AvgIpc) is 2.97. The number of benzene rings is 1. The number of fused-ring (bicyclic) bond motifs is 3. The summed E-state index contributed by atoms with van der Waals surface area (Å²) in [6.07, 6.45) is 0.0505. The van der Waals surface area contributed by atoms with Gasteiger partial charge < -0.3 is 24.9 Å². The molecule has 0 aromatic heterocycles. The molecule has 27 heavy (non-hydrogen) atoms. The van der Waals surface area contributed by atoms with Crippen LogP contribution >= 0.6 is 11.8 Å². The van der Waals surface area contributed by atoms with Crippen LogP contribution in [0.1, 0.15) is 5.56 Å². The number of thioether (sulfide) groups is 1. The van der Waals surface area contributed by atoms with Crippen LogP contribution in [0.3, 0.4) is 0 Å². The Morgan fingerprint density at radius 1 is 1.26 bits per heavy atom. The SMILES string of the molecule is CN1CCN(c2cc3c(cc2F)CC(C(=O)O)=C2SC(=O)C(CO)N23)CC1. The summed E-state index contributed by atoms with van der Waals surface area (Å²) in [7, 11) is 2.02. The van der Waals surface area contributed by atoms with Gasteiger partial charge in [-0.15, -0.1) is 0 Å². The van der Waals surface area contributed by atoms with E-state index in [1.807, 2.05) is 11.9 Å². The van der Waals surface area contributed by atoms with Crippen LogP contribution in [0.2, 0.25) is 0 Å². The van der Waals surface area contributed by atoms with E-state index in [9.17, 15) is 24.2 Å². The van der Waals surface area contributed by atoms with Crippen LogP contribution in [-0.4, -0.2) is 72.1 Å². The van der Waals surface area contributed by atoms with Crippen molar-refractivity contribution in [2.45, 2.75) is 12.5 Å². The summed E-state index contributed by atoms with van der Waals surface area (Å²) in [5.41, 5.74) is 1.62. The summed E-state index contributed by atoms with van der Waals surface area (Å²) in [5, 5.41) is 19.2. The second-order valence-electron chi connectivity index (χ2n) is 6.98. The molecule has 0 radical (unpaired) electrons. The van der Waals surface area contributed by atoms with E-state index in [1.54, 1.807) is 11.0 Å². The first-order chi connectivity index (χ1) is 12.9. The van der Waals surface area contributed by atoms with Crippen LogP contribution in [-0.2, 0) is 16.0 Å². The van der Waals surface area contributed by atoms with Crippen molar-refractivity contribution in [2.75, 3.05) is 49.6 Å². The van der Waals surface area contributed by atoms with Gasteiger partial charge in [0.25, 0.3) is 0 Å². The van der Waals surface area contributed by atoms with Gasteiger partial charge in [0.05, 0.1) is 22.9 Å². The lowest BCUT2D eigenvalue weighted by molar-refractivity contribution is -0.132. The van der Waals surface area contributed by atoms with Crippen LogP contribution in [0.25, 0.3) is 0 Å². The van der Waals surface area contributed by atoms with Gasteiger partial charge in [-0.1, -0.05) is 0 Å². The molecule has 144 valence electrons. The molecule has 2 N–H and O–H groups in total. The lowest BCUT2D eigenvalue weighted by atomic mass is 9.97. The first-order valence-corrected chi connectivity index (χ1v) is 9.56. The number of carbonyl (C=O) groups is 2. The minimum atomic E-state index is -1.14. The molecule has 0 bridgehead atoms. The fourth-order valence-electron chi connectivity index (χ4n) is 3.78. The van der Waals surface area contributed by atoms with E-state index in [2.05, 4.69) is 4.90 Å². The Balaban J connectivity index is 1.80. The number of aliphatic carboxylic acids is 1. The molecule has 1 atom stereocenters. The lowest BCUT2D eigenvalue weighted by Crippen LogP contribution is -2.45. The summed E-state index contributed by atoms with van der Waals surface area (Å²) in [5.74, 6) is -1.53. The van der Waals surface area contributed by atoms with E-state index in [4.69, 9.17) is 0 Å². The number of carboxylic acid groups (broad SMARTS) is 1. The Morgan fingerprint density at radius 2 is 1.96 bits per heavy atom. The number of aliphatic hydroxyl groups is 1. The van der Waals surface area contributed by atoms with Crippen LogP contribution in [0.15, 0.2) is 22.7 Å². The van der Waals surface area contributed by atoms with Gasteiger partial charge in [-0.3, -0.25) is 4.79 Å². The number of carbonyl (C=O) groups excluding carboxylic acids is 1. The van der Waals surface area contributed by atoms with Gasteiger partial charge in [-0.2, -0.15) is 0 Å². The van der Waals surface area contributed by atoms with Crippen molar-refractivity contribution in [3.05, 3.63) is 34.1 Å². The largest absolute Gasteiger partial charge is 0.478 e. The smallest absolute Gasteiger partial charge is 0.334 e. The maximum Gasteiger partial charge on any atom is 0.334 e. The number of rotatable bonds is 3. The van der Waals surface area contributed by atoms with Crippen LogP contribution in [0.4, 0.5) is 15.8 Å². The minimum absolute atomic E-state index is 0.0505. The Kier molecular flexibility index (Phi) is 4.61. The van der Waals surface area contributed by atoms with E-state index in [0.717, 1.165) is 24.9 Å². The molecular formula is C18H20FN3O4S. The van der Waals surface area contributed by atoms with Crippen molar-refractivity contribution in [3.63, 3.8) is 0 Å². The predicted octanol–water partition coefficient (Wildman–Crippen LogP) is 0.871. The molecule has 7 nitrogen and oxygen atoms in total. The van der Waals surface area contributed by atoms with Crippen molar-refractivity contribution in [2.24, 2.45) is 0 Å². The summed E-state index contributed by atoms with van der Waals surface area (Å²) in [6, 6.07) is 2.20. The summed E-state index contributed by atoms with van der Waals surface area (Å²) in [4.78, 5) is 29.6. The Bertz CT molecular complexity index is 851. The van der Waals surface area contributed by atoms with Gasteiger partial charge in [-0.05, 0) is 36.5 Å². The topological polar surface area (TPSA) is 84.3 Å². The fraction of sp³-hybridized carbons (Fsp3) is 0.444. The van der Waals surface area contributed by atoms with Gasteiger partial charge in [0.15, 0.2) is 0 Å². The molecule has 4 rings (SSSR count). The molecule has 0 saturated carbocycles. The monoisotopic (exact) mass is 393 g/mol. The third-order valence-electron chi connectivity index (χ3n) is 5.31. The molecular weight excluding hydrogens is 373 g/mol. The molecule has 9 heteroatoms. The normalized spacial score (nSPS) is 22.9. The molecule has 0 spiro atoms. The van der Waals surface area contributed by atoms with Crippen LogP contribution < -0.4 is 9.80 Å². The summed E-state index contributed by atoms with van der Waals surface area (Å²) >= 11 is 0.840. The molecule has 3 aliphatic heterocycles. The van der Waals surface area contributed by atoms with E-state index in [1.165, 1.54) is 6.07 Å². The van der Waals surface area contributed by atoms with Gasteiger partial charge in [0.1, 0.15) is 11.9 Å². The zero-order valence-electron chi connectivity index (χ0n) is 14.8. The van der Waals surface area contributed by atoms with E-state index in [-0.39, 0.29) is 17.1 Å². The molecule has 1 aromatic rings. The molecule has 2 saturated heterocycles. The first kappa shape index (κ1) is 18.3. The Hall–Kier alpha value is -2.10. The molecule has 0 amide bonds. The number of piperazine rings is 1. The first-order valence-electron chi connectivity index (χ1n) is 8.75. The van der Waals surface area contributed by atoms with E-state index >= 15 is 0 Å². The predicted molar refractivity (Wildman–Crippen MR) is 100 cm³/mol. The molecule has 1 aromatic carbocycles. The Labute approximate surface area is 160 Å². The van der Waals surface area contributed by atoms with Gasteiger partial charge in [0, 0.05) is 38.3 Å². The van der Waals surface area contributed by atoms with Crippen molar-refractivity contribution >= 4 is 34.2 Å². The molecule has 3 heterocycles. The fourth-order valence-corrected chi connectivity index (χ4v) is 4.89. The number of likely N-dealkylation sites (N-methyl/N-ethyl adjacent to an activating group) is 1. The highest BCUT2D eigenvalue weighted by molar-refractivity contribution is 8.17. The van der Waals surface area contributed by atoms with Crippen LogP contribution in [0, 0.1) is 5.82 Å². The quantitative estimate of drug-likeness (QED) is 0.783. The second-order valence-corrected chi connectivity index (χ2v) is 7.97. The maximum absolute atomic E-state index is 14.8. The molecule has 3 aliphatic rings. The number of hydrogen-bond acceptors (Lipinski definition) is 7. The zero-order valence-corrected chi connectivity index (χ0v) is 15.6. The third kappa shape index (κ3) is 2.99. The van der Waals surface area contributed by atoms with Crippen LogP contribution in [0.5, 0.6) is 0 Å². The average molecular weight is 393 g/mol. The standard InChI is InChI=1S/C18H20FN3O4S/c1-20-2-4-21(5-3-20)14-8-13-10(7-12(14)19)6-11(17(24)25)16-22(13)15(9-23)18(26)27-16/h7-8,15,23H,2-6,9H2,1H3,(H,24,25). The lowest BCUT2D eigenvalue weighted by Gasteiger charge is -2.36. The number of halogens is 1. The minimum Gasteiger partial charge on any atom is -0.478 e. The van der Waals surface area contributed by atoms with E-state index < -0.39 is 24.4 Å². The number of aliphatic hydroxyl groups excluding tert-OH is 1. The highest BCUT2D eigenvalue weighted by atomic mass is 32.2. The van der Waals surface area contributed by atoms with Crippen molar-refractivity contribution in [1.82, 2.24) is 4.90 Å². The molecule has 1 unspecified atom stereocenters. The van der Waals surface area contributed by atoms with Crippen molar-refractivity contribution < 1.29 is 24.2 Å². The second kappa shape index (κ2) is 6.81. The third-order valence-corrected chi connectivity index (χ3v) is 6.42. The highest BCUT2D eigenvalue weighted by Gasteiger charge is 2.44. The number of nitrogens with zero attached hydrogens (tertiary/aromatic N) is 3. The van der Waals surface area contributed by atoms with Crippen molar-refractivity contribution in [3.8, 4) is 0 Å². The van der Waals surface area contributed by atoms with Gasteiger partial charge in [-0.25, -0.2) is 9.18 Å². The molecule has 0 aliphatic carbocycles. The van der Waals surface area contributed by atoms with E-state index in [0.29, 0.717) is 35.1 Å². The van der Waals surface area contributed by atoms with Gasteiger partial charge in [0.2, 0.25) is 5.12 Å². The zero-order chi connectivity index (χ0) is 19.3. The number of hydrogen-bond donors (Lipinski definition) is 2. The number of anilines is 2. The molecule has 2 fully saturated rings. The van der Waals surface area contributed by atoms with Crippen molar-refractivity contribution in [1.29, 1.82) is 0 Å².